The van der Waals surface area contributed by atoms with Crippen LogP contribution >= 0.6 is 0 Å². The van der Waals surface area contributed by atoms with Gasteiger partial charge in [0.2, 0.25) is 0 Å². The lowest BCUT2D eigenvalue weighted by molar-refractivity contribution is 0.0870. The van der Waals surface area contributed by atoms with Gasteiger partial charge in [0.1, 0.15) is 0 Å². The van der Waals surface area contributed by atoms with E-state index in [-0.39, 0.29) is 0 Å². The molecule has 1 N–H and O–H groups in total. The van der Waals surface area contributed by atoms with Crippen molar-refractivity contribution in [2.45, 2.75) is 52.1 Å². The van der Waals surface area contributed by atoms with Crippen LogP contribution < -0.4 is 5.32 Å². The maximum atomic E-state index is 3.61. The molecule has 2 rings (SSSR count). The molecule has 3 heteroatoms. The molecule has 5 unspecified atom stereocenters. The Morgan fingerprint density at radius 3 is 2.55 bits per heavy atom. The first-order valence-corrected chi connectivity index (χ1v) is 8.61. The standard InChI is InChI=1S/C17H35N3/c1-13-9-14(2)16(17(10-13)18-4)12-20-8-6-7-19(5)11-15(20)3/h13-18H,6-12H2,1-5H3. The third kappa shape index (κ3) is 3.96. The van der Waals surface area contributed by atoms with E-state index in [4.69, 9.17) is 0 Å². The van der Waals surface area contributed by atoms with Crippen LogP contribution in [0.25, 0.3) is 0 Å². The summed E-state index contributed by atoms with van der Waals surface area (Å²) in [6.45, 7) is 12.3. The average molecular weight is 281 g/mol. The van der Waals surface area contributed by atoms with E-state index in [0.29, 0.717) is 12.1 Å². The van der Waals surface area contributed by atoms with Crippen molar-refractivity contribution in [1.29, 1.82) is 0 Å². The number of nitrogens with zero attached hydrogens (tertiary/aromatic N) is 2. The van der Waals surface area contributed by atoms with Crippen molar-refractivity contribution in [1.82, 2.24) is 15.1 Å². The lowest BCUT2D eigenvalue weighted by atomic mass is 9.72. The van der Waals surface area contributed by atoms with Crippen molar-refractivity contribution in [3.63, 3.8) is 0 Å². The molecular weight excluding hydrogens is 246 g/mol. The first-order valence-electron chi connectivity index (χ1n) is 8.61. The van der Waals surface area contributed by atoms with Crippen LogP contribution in [0.15, 0.2) is 0 Å². The quantitative estimate of drug-likeness (QED) is 0.856. The molecule has 0 spiro atoms. The van der Waals surface area contributed by atoms with Crippen LogP contribution in [-0.4, -0.2) is 62.2 Å². The second-order valence-corrected chi connectivity index (χ2v) is 7.57. The number of nitrogens with one attached hydrogen (secondary N) is 1. The highest BCUT2D eigenvalue weighted by molar-refractivity contribution is 4.90. The van der Waals surface area contributed by atoms with Crippen LogP contribution in [0.5, 0.6) is 0 Å². The highest BCUT2D eigenvalue weighted by atomic mass is 15.2. The minimum absolute atomic E-state index is 0.701. The van der Waals surface area contributed by atoms with Gasteiger partial charge in [0.05, 0.1) is 0 Å². The largest absolute Gasteiger partial charge is 0.317 e. The maximum absolute atomic E-state index is 3.61. The van der Waals surface area contributed by atoms with E-state index in [9.17, 15) is 0 Å². The highest BCUT2D eigenvalue weighted by Crippen LogP contribution is 2.34. The van der Waals surface area contributed by atoms with Crippen molar-refractivity contribution in [2.24, 2.45) is 17.8 Å². The summed E-state index contributed by atoms with van der Waals surface area (Å²) in [6, 6.07) is 1.41. The third-order valence-corrected chi connectivity index (χ3v) is 5.68. The fourth-order valence-electron chi connectivity index (χ4n) is 4.51. The smallest absolute Gasteiger partial charge is 0.0194 e. The van der Waals surface area contributed by atoms with Gasteiger partial charge in [0.15, 0.2) is 0 Å². The Morgan fingerprint density at radius 2 is 1.85 bits per heavy atom. The second kappa shape index (κ2) is 7.24. The van der Waals surface area contributed by atoms with E-state index in [1.54, 1.807) is 0 Å². The van der Waals surface area contributed by atoms with Gasteiger partial charge in [-0.25, -0.2) is 0 Å². The number of rotatable bonds is 3. The number of hydrogen-bond acceptors (Lipinski definition) is 3. The van der Waals surface area contributed by atoms with Gasteiger partial charge >= 0.3 is 0 Å². The van der Waals surface area contributed by atoms with Crippen molar-refractivity contribution in [3.8, 4) is 0 Å². The first kappa shape index (κ1) is 16.3. The van der Waals surface area contributed by atoms with Crippen LogP contribution in [0.3, 0.4) is 0 Å². The molecule has 1 saturated carbocycles. The molecule has 118 valence electrons. The normalized spacial score (nSPS) is 41.5. The topological polar surface area (TPSA) is 18.5 Å². The number of likely N-dealkylation sites (N-methyl/N-ethyl adjacent to an activating group) is 1. The zero-order chi connectivity index (χ0) is 14.7. The van der Waals surface area contributed by atoms with Crippen molar-refractivity contribution >= 4 is 0 Å². The molecule has 0 amide bonds. The van der Waals surface area contributed by atoms with E-state index in [0.717, 1.165) is 17.8 Å². The molecule has 0 aromatic carbocycles. The Bertz CT molecular complexity index is 294. The van der Waals surface area contributed by atoms with Crippen LogP contribution in [-0.2, 0) is 0 Å². The molecule has 1 aliphatic heterocycles. The van der Waals surface area contributed by atoms with E-state index >= 15 is 0 Å². The van der Waals surface area contributed by atoms with Gasteiger partial charge in [-0.05, 0) is 71.1 Å². The van der Waals surface area contributed by atoms with E-state index < -0.39 is 0 Å². The van der Waals surface area contributed by atoms with Gasteiger partial charge in [-0.15, -0.1) is 0 Å². The summed E-state index contributed by atoms with van der Waals surface area (Å²) < 4.78 is 0. The van der Waals surface area contributed by atoms with Gasteiger partial charge in [0, 0.05) is 25.2 Å². The predicted molar refractivity (Wildman–Crippen MR) is 87.0 cm³/mol. The molecule has 2 fully saturated rings. The molecule has 20 heavy (non-hydrogen) atoms. The van der Waals surface area contributed by atoms with E-state index in [1.807, 2.05) is 0 Å². The highest BCUT2D eigenvalue weighted by Gasteiger charge is 2.35. The molecule has 2 aliphatic rings. The van der Waals surface area contributed by atoms with Crippen LogP contribution in [0, 0.1) is 17.8 Å². The Balaban J connectivity index is 1.99. The minimum Gasteiger partial charge on any atom is -0.317 e. The summed E-state index contributed by atoms with van der Waals surface area (Å²) in [7, 11) is 4.42. The fourth-order valence-corrected chi connectivity index (χ4v) is 4.51. The Morgan fingerprint density at radius 1 is 1.10 bits per heavy atom. The summed E-state index contributed by atoms with van der Waals surface area (Å²) >= 11 is 0. The SMILES string of the molecule is CNC1CC(C)CC(C)C1CN1CCCN(C)CC1C. The Hall–Kier alpha value is -0.120. The van der Waals surface area contributed by atoms with Crippen molar-refractivity contribution < 1.29 is 0 Å². The van der Waals surface area contributed by atoms with Gasteiger partial charge in [0.25, 0.3) is 0 Å². The monoisotopic (exact) mass is 281 g/mol. The molecule has 1 heterocycles. The zero-order valence-corrected chi connectivity index (χ0v) is 14.2. The second-order valence-electron chi connectivity index (χ2n) is 7.57. The minimum atomic E-state index is 0.701. The van der Waals surface area contributed by atoms with Gasteiger partial charge in [-0.3, -0.25) is 4.90 Å². The molecule has 0 aromatic rings. The average Bonchev–Trinajstić information content (AvgIpc) is 2.53. The van der Waals surface area contributed by atoms with Crippen LogP contribution in [0.4, 0.5) is 0 Å². The molecular formula is C17H35N3. The van der Waals surface area contributed by atoms with Gasteiger partial charge in [-0.2, -0.15) is 0 Å². The molecule has 0 bridgehead atoms. The maximum Gasteiger partial charge on any atom is 0.0194 e. The fraction of sp³-hybridized carbons (Fsp3) is 1.00. The summed E-state index contributed by atoms with van der Waals surface area (Å²) in [6.07, 6.45) is 4.08. The Labute approximate surface area is 126 Å². The molecule has 1 aliphatic carbocycles. The number of hydrogen-bond donors (Lipinski definition) is 1. The molecule has 3 nitrogen and oxygen atoms in total. The summed E-state index contributed by atoms with van der Waals surface area (Å²) in [4.78, 5) is 5.25. The van der Waals surface area contributed by atoms with Crippen LogP contribution in [0.2, 0.25) is 0 Å². The lowest BCUT2D eigenvalue weighted by Crippen LogP contribution is -2.50. The summed E-state index contributed by atoms with van der Waals surface area (Å²) in [5.74, 6) is 2.55. The van der Waals surface area contributed by atoms with Crippen LogP contribution in [0.1, 0.15) is 40.0 Å². The molecule has 0 aromatic heterocycles. The zero-order valence-electron chi connectivity index (χ0n) is 14.2. The van der Waals surface area contributed by atoms with Gasteiger partial charge in [-0.1, -0.05) is 13.8 Å². The molecule has 0 radical (unpaired) electrons. The van der Waals surface area contributed by atoms with E-state index in [2.05, 4.69) is 50.0 Å². The Kier molecular flexibility index (Phi) is 5.88. The van der Waals surface area contributed by atoms with Gasteiger partial charge < -0.3 is 10.2 Å². The third-order valence-electron chi connectivity index (χ3n) is 5.68. The first-order chi connectivity index (χ1) is 9.51. The molecule has 5 atom stereocenters. The summed E-state index contributed by atoms with van der Waals surface area (Å²) in [5, 5.41) is 3.61. The van der Waals surface area contributed by atoms with E-state index in [1.165, 1.54) is 45.4 Å². The van der Waals surface area contributed by atoms with Crippen molar-refractivity contribution in [2.75, 3.05) is 40.3 Å². The summed E-state index contributed by atoms with van der Waals surface area (Å²) in [5.41, 5.74) is 0. The molecule has 1 saturated heterocycles. The lowest BCUT2D eigenvalue weighted by Gasteiger charge is -2.43. The van der Waals surface area contributed by atoms with Crippen molar-refractivity contribution in [3.05, 3.63) is 0 Å². The predicted octanol–water partition coefficient (Wildman–Crippen LogP) is 2.28.